The molecule has 0 aromatic heterocycles. The van der Waals surface area contributed by atoms with Crippen LogP contribution < -0.4 is 0 Å². The van der Waals surface area contributed by atoms with E-state index in [2.05, 4.69) is 29.9 Å². The molecule has 3 unspecified atom stereocenters. The predicted molar refractivity (Wildman–Crippen MR) is 77.8 cm³/mol. The van der Waals surface area contributed by atoms with E-state index >= 15 is 0 Å². The van der Waals surface area contributed by atoms with E-state index in [1.165, 1.54) is 51.1 Å². The minimum Gasteiger partial charge on any atom is -0.298 e. The summed E-state index contributed by atoms with van der Waals surface area (Å²) in [4.78, 5) is 5.55. The highest BCUT2D eigenvalue weighted by atomic mass is 32.2. The Balaban J connectivity index is 1.93. The van der Waals surface area contributed by atoms with Crippen LogP contribution >= 0.6 is 11.8 Å². The van der Waals surface area contributed by atoms with Gasteiger partial charge in [-0.3, -0.25) is 9.80 Å². The first-order valence-electron chi connectivity index (χ1n) is 7.25. The van der Waals surface area contributed by atoms with Crippen molar-refractivity contribution >= 4 is 11.8 Å². The van der Waals surface area contributed by atoms with Crippen LogP contribution in [0.5, 0.6) is 0 Å². The molecule has 0 saturated carbocycles. The SMILES string of the molecule is CCC1CN2CCCC2CN1C(C)CCSC. The van der Waals surface area contributed by atoms with E-state index in [1.807, 2.05) is 11.8 Å². The number of rotatable bonds is 5. The summed E-state index contributed by atoms with van der Waals surface area (Å²) in [6.07, 6.45) is 7.74. The Morgan fingerprint density at radius 2 is 2.18 bits per heavy atom. The maximum atomic E-state index is 2.81. The van der Waals surface area contributed by atoms with Crippen molar-refractivity contribution < 1.29 is 0 Å². The average molecular weight is 256 g/mol. The van der Waals surface area contributed by atoms with Crippen LogP contribution in [-0.4, -0.2) is 59.6 Å². The Kier molecular flexibility index (Phi) is 5.19. The van der Waals surface area contributed by atoms with E-state index in [1.54, 1.807) is 0 Å². The van der Waals surface area contributed by atoms with Crippen molar-refractivity contribution in [3.8, 4) is 0 Å². The molecule has 2 rings (SSSR count). The van der Waals surface area contributed by atoms with Crippen LogP contribution in [0.4, 0.5) is 0 Å². The van der Waals surface area contributed by atoms with Crippen molar-refractivity contribution in [2.45, 2.75) is 57.7 Å². The van der Waals surface area contributed by atoms with E-state index in [-0.39, 0.29) is 0 Å². The third kappa shape index (κ3) is 3.18. The molecule has 0 aromatic carbocycles. The Morgan fingerprint density at radius 1 is 1.35 bits per heavy atom. The van der Waals surface area contributed by atoms with Gasteiger partial charge in [0.1, 0.15) is 0 Å². The molecule has 0 aliphatic carbocycles. The Morgan fingerprint density at radius 3 is 2.88 bits per heavy atom. The molecule has 0 aromatic rings. The molecule has 0 bridgehead atoms. The minimum atomic E-state index is 0.773. The van der Waals surface area contributed by atoms with Crippen molar-refractivity contribution in [3.63, 3.8) is 0 Å². The zero-order valence-electron chi connectivity index (χ0n) is 11.7. The third-order valence-corrected chi connectivity index (χ3v) is 5.26. The molecule has 2 nitrogen and oxygen atoms in total. The first-order valence-corrected chi connectivity index (χ1v) is 8.64. The van der Waals surface area contributed by atoms with E-state index in [0.29, 0.717) is 0 Å². The normalized spacial score (nSPS) is 32.6. The molecule has 0 spiro atoms. The van der Waals surface area contributed by atoms with Crippen LogP contribution in [0.3, 0.4) is 0 Å². The summed E-state index contributed by atoms with van der Waals surface area (Å²) in [5.41, 5.74) is 0. The first-order chi connectivity index (χ1) is 8.26. The van der Waals surface area contributed by atoms with Gasteiger partial charge in [0.05, 0.1) is 0 Å². The molecule has 2 aliphatic heterocycles. The number of fused-ring (bicyclic) bond motifs is 1. The number of hydrogen-bond donors (Lipinski definition) is 0. The Bertz CT molecular complexity index is 234. The maximum absolute atomic E-state index is 2.81. The molecule has 0 radical (unpaired) electrons. The van der Waals surface area contributed by atoms with Gasteiger partial charge in [-0.05, 0) is 51.2 Å². The van der Waals surface area contributed by atoms with Crippen molar-refractivity contribution in [3.05, 3.63) is 0 Å². The monoisotopic (exact) mass is 256 g/mol. The second-order valence-electron chi connectivity index (χ2n) is 5.68. The lowest BCUT2D eigenvalue weighted by molar-refractivity contribution is 0.0226. The second-order valence-corrected chi connectivity index (χ2v) is 6.67. The zero-order valence-corrected chi connectivity index (χ0v) is 12.5. The van der Waals surface area contributed by atoms with Crippen LogP contribution in [0.25, 0.3) is 0 Å². The van der Waals surface area contributed by atoms with Crippen molar-refractivity contribution in [2.24, 2.45) is 0 Å². The van der Waals surface area contributed by atoms with Gasteiger partial charge in [0, 0.05) is 31.2 Å². The van der Waals surface area contributed by atoms with E-state index in [9.17, 15) is 0 Å². The summed E-state index contributed by atoms with van der Waals surface area (Å²) in [5.74, 6) is 1.31. The summed E-state index contributed by atoms with van der Waals surface area (Å²) in [6, 6.07) is 2.45. The quantitative estimate of drug-likeness (QED) is 0.747. The second kappa shape index (κ2) is 6.44. The van der Waals surface area contributed by atoms with Crippen LogP contribution in [0.2, 0.25) is 0 Å². The fraction of sp³-hybridized carbons (Fsp3) is 1.00. The molecular weight excluding hydrogens is 228 g/mol. The van der Waals surface area contributed by atoms with Crippen LogP contribution in [0.15, 0.2) is 0 Å². The molecular formula is C14H28N2S. The van der Waals surface area contributed by atoms with Gasteiger partial charge >= 0.3 is 0 Å². The van der Waals surface area contributed by atoms with Crippen molar-refractivity contribution in [1.82, 2.24) is 9.80 Å². The Hall–Kier alpha value is 0.270. The smallest absolute Gasteiger partial charge is 0.0224 e. The number of thioether (sulfide) groups is 1. The molecule has 3 heteroatoms. The molecule has 17 heavy (non-hydrogen) atoms. The lowest BCUT2D eigenvalue weighted by atomic mass is 10.0. The molecule has 0 N–H and O–H groups in total. The van der Waals surface area contributed by atoms with E-state index in [0.717, 1.165) is 18.1 Å². The summed E-state index contributed by atoms with van der Waals surface area (Å²) in [6.45, 7) is 8.80. The van der Waals surface area contributed by atoms with Gasteiger partial charge in [0.15, 0.2) is 0 Å². The van der Waals surface area contributed by atoms with Gasteiger partial charge in [-0.1, -0.05) is 6.92 Å². The highest BCUT2D eigenvalue weighted by molar-refractivity contribution is 7.98. The summed E-state index contributed by atoms with van der Waals surface area (Å²) in [5, 5.41) is 0. The number of piperazine rings is 1. The van der Waals surface area contributed by atoms with Gasteiger partial charge in [-0.15, -0.1) is 0 Å². The topological polar surface area (TPSA) is 6.48 Å². The number of nitrogens with zero attached hydrogens (tertiary/aromatic N) is 2. The lowest BCUT2D eigenvalue weighted by Crippen LogP contribution is -2.58. The minimum absolute atomic E-state index is 0.773. The van der Waals surface area contributed by atoms with Gasteiger partial charge < -0.3 is 0 Å². The van der Waals surface area contributed by atoms with Crippen molar-refractivity contribution in [2.75, 3.05) is 31.6 Å². The van der Waals surface area contributed by atoms with E-state index < -0.39 is 0 Å². The predicted octanol–water partition coefficient (Wildman–Crippen LogP) is 2.69. The molecule has 2 aliphatic rings. The Labute approximate surface area is 111 Å². The lowest BCUT2D eigenvalue weighted by Gasteiger charge is -2.46. The first kappa shape index (κ1) is 13.7. The molecule has 0 amide bonds. The summed E-state index contributed by atoms with van der Waals surface area (Å²) in [7, 11) is 0. The van der Waals surface area contributed by atoms with Gasteiger partial charge in [0.2, 0.25) is 0 Å². The maximum Gasteiger partial charge on any atom is 0.0224 e. The fourth-order valence-corrected chi connectivity index (χ4v) is 4.04. The highest BCUT2D eigenvalue weighted by Gasteiger charge is 2.36. The molecule has 2 heterocycles. The van der Waals surface area contributed by atoms with Gasteiger partial charge in [-0.25, -0.2) is 0 Å². The summed E-state index contributed by atoms with van der Waals surface area (Å²) >= 11 is 1.99. The molecule has 2 fully saturated rings. The average Bonchev–Trinajstić information content (AvgIpc) is 2.81. The standard InChI is InChI=1S/C14H28N2S/c1-4-13-10-15-8-5-6-14(15)11-16(13)12(2)7-9-17-3/h12-14H,4-11H2,1-3H3. The van der Waals surface area contributed by atoms with Crippen LogP contribution in [0, 0.1) is 0 Å². The molecule has 2 saturated heterocycles. The van der Waals surface area contributed by atoms with Crippen LogP contribution in [0.1, 0.15) is 39.5 Å². The van der Waals surface area contributed by atoms with Gasteiger partial charge in [0.25, 0.3) is 0 Å². The largest absolute Gasteiger partial charge is 0.298 e. The van der Waals surface area contributed by atoms with Gasteiger partial charge in [-0.2, -0.15) is 11.8 Å². The van der Waals surface area contributed by atoms with E-state index in [4.69, 9.17) is 0 Å². The molecule has 3 atom stereocenters. The zero-order chi connectivity index (χ0) is 12.3. The fourth-order valence-electron chi connectivity index (χ4n) is 3.47. The molecule has 100 valence electrons. The highest BCUT2D eigenvalue weighted by Crippen LogP contribution is 2.28. The third-order valence-electron chi connectivity index (χ3n) is 4.61. The van der Waals surface area contributed by atoms with Crippen LogP contribution in [-0.2, 0) is 0 Å². The van der Waals surface area contributed by atoms with Crippen molar-refractivity contribution in [1.29, 1.82) is 0 Å². The summed E-state index contributed by atoms with van der Waals surface area (Å²) < 4.78 is 0. The number of hydrogen-bond acceptors (Lipinski definition) is 3.